The predicted molar refractivity (Wildman–Crippen MR) is 100 cm³/mol. The summed E-state index contributed by atoms with van der Waals surface area (Å²) in [7, 11) is 0. The lowest BCUT2D eigenvalue weighted by molar-refractivity contribution is -0.121. The highest BCUT2D eigenvalue weighted by molar-refractivity contribution is 5.79. The van der Waals surface area contributed by atoms with Crippen LogP contribution in [-0.2, 0) is 11.2 Å². The van der Waals surface area contributed by atoms with Crippen LogP contribution >= 0.6 is 0 Å². The SMILES string of the molecule is CCOc1ccc([C@@H](C)NC(=O)Cc2ccc(C)cc2)cc1OCC. The molecule has 0 saturated heterocycles. The topological polar surface area (TPSA) is 47.6 Å². The summed E-state index contributed by atoms with van der Waals surface area (Å²) in [6.07, 6.45) is 0.375. The first-order chi connectivity index (χ1) is 12.0. The predicted octanol–water partition coefficient (Wildman–Crippen LogP) is 4.21. The fraction of sp³-hybridized carbons (Fsp3) is 0.381. The van der Waals surface area contributed by atoms with Crippen molar-refractivity contribution in [3.63, 3.8) is 0 Å². The third kappa shape index (κ3) is 5.52. The van der Waals surface area contributed by atoms with Gasteiger partial charge in [0.1, 0.15) is 0 Å². The van der Waals surface area contributed by atoms with Gasteiger partial charge < -0.3 is 14.8 Å². The summed E-state index contributed by atoms with van der Waals surface area (Å²) in [6, 6.07) is 13.7. The van der Waals surface area contributed by atoms with E-state index < -0.39 is 0 Å². The zero-order chi connectivity index (χ0) is 18.2. The van der Waals surface area contributed by atoms with Crippen LogP contribution in [0.3, 0.4) is 0 Å². The molecule has 0 spiro atoms. The van der Waals surface area contributed by atoms with E-state index in [1.165, 1.54) is 5.56 Å². The monoisotopic (exact) mass is 341 g/mol. The number of carbonyl (C=O) groups excluding carboxylic acids is 1. The number of nitrogens with one attached hydrogen (secondary N) is 1. The summed E-state index contributed by atoms with van der Waals surface area (Å²) >= 11 is 0. The minimum Gasteiger partial charge on any atom is -0.490 e. The maximum Gasteiger partial charge on any atom is 0.224 e. The van der Waals surface area contributed by atoms with E-state index >= 15 is 0 Å². The number of amides is 1. The Morgan fingerprint density at radius 1 is 1.00 bits per heavy atom. The van der Waals surface area contributed by atoms with E-state index in [1.54, 1.807) is 0 Å². The second-order valence-electron chi connectivity index (χ2n) is 6.02. The number of carbonyl (C=O) groups is 1. The molecule has 0 radical (unpaired) electrons. The van der Waals surface area contributed by atoms with Gasteiger partial charge in [-0.25, -0.2) is 0 Å². The quantitative estimate of drug-likeness (QED) is 0.782. The van der Waals surface area contributed by atoms with Crippen LogP contribution < -0.4 is 14.8 Å². The highest BCUT2D eigenvalue weighted by Crippen LogP contribution is 2.30. The molecule has 2 aromatic rings. The first-order valence-corrected chi connectivity index (χ1v) is 8.78. The molecular weight excluding hydrogens is 314 g/mol. The van der Waals surface area contributed by atoms with Gasteiger partial charge >= 0.3 is 0 Å². The Morgan fingerprint density at radius 2 is 1.64 bits per heavy atom. The summed E-state index contributed by atoms with van der Waals surface area (Å²) in [5, 5.41) is 3.04. The molecule has 1 atom stereocenters. The van der Waals surface area contributed by atoms with Crippen LogP contribution in [0, 0.1) is 6.92 Å². The molecule has 0 saturated carbocycles. The number of ether oxygens (including phenoxy) is 2. The van der Waals surface area contributed by atoms with Gasteiger partial charge in [-0.15, -0.1) is 0 Å². The van der Waals surface area contributed by atoms with Gasteiger partial charge in [-0.1, -0.05) is 35.9 Å². The van der Waals surface area contributed by atoms with Gasteiger partial charge in [0.05, 0.1) is 25.7 Å². The van der Waals surface area contributed by atoms with E-state index in [0.717, 1.165) is 16.9 Å². The molecule has 0 aromatic heterocycles. The molecule has 0 aliphatic heterocycles. The minimum atomic E-state index is -0.104. The van der Waals surface area contributed by atoms with Crippen LogP contribution in [0.1, 0.15) is 43.5 Å². The molecule has 0 aliphatic carbocycles. The van der Waals surface area contributed by atoms with Gasteiger partial charge in [-0.2, -0.15) is 0 Å². The van der Waals surface area contributed by atoms with Crippen molar-refractivity contribution in [1.82, 2.24) is 5.32 Å². The Labute approximate surface area is 150 Å². The smallest absolute Gasteiger partial charge is 0.224 e. The first kappa shape index (κ1) is 18.8. The zero-order valence-electron chi connectivity index (χ0n) is 15.5. The van der Waals surface area contributed by atoms with Crippen LogP contribution in [0.5, 0.6) is 11.5 Å². The van der Waals surface area contributed by atoms with Crippen molar-refractivity contribution < 1.29 is 14.3 Å². The molecule has 1 N–H and O–H groups in total. The molecule has 0 aliphatic rings. The molecule has 0 fully saturated rings. The van der Waals surface area contributed by atoms with Crippen LogP contribution in [0.25, 0.3) is 0 Å². The summed E-state index contributed by atoms with van der Waals surface area (Å²) in [4.78, 5) is 12.3. The second kappa shape index (κ2) is 9.11. The molecule has 1 amide bonds. The summed E-state index contributed by atoms with van der Waals surface area (Å²) in [5.41, 5.74) is 3.19. The van der Waals surface area contributed by atoms with E-state index in [4.69, 9.17) is 9.47 Å². The molecule has 25 heavy (non-hydrogen) atoms. The first-order valence-electron chi connectivity index (χ1n) is 8.78. The molecule has 4 nitrogen and oxygen atoms in total. The van der Waals surface area contributed by atoms with Gasteiger partial charge in [0.2, 0.25) is 5.91 Å². The summed E-state index contributed by atoms with van der Waals surface area (Å²) in [6.45, 7) is 9.04. The molecule has 2 rings (SSSR count). The fourth-order valence-corrected chi connectivity index (χ4v) is 2.60. The lowest BCUT2D eigenvalue weighted by Gasteiger charge is -2.17. The maximum absolute atomic E-state index is 12.3. The van der Waals surface area contributed by atoms with Crippen LogP contribution in [0.2, 0.25) is 0 Å². The molecular formula is C21H27NO3. The standard InChI is InChI=1S/C21H27NO3/c1-5-24-19-12-11-18(14-20(19)25-6-2)16(4)22-21(23)13-17-9-7-15(3)8-10-17/h7-12,14,16H,5-6,13H2,1-4H3,(H,22,23)/t16-/m1/s1. The van der Waals surface area contributed by atoms with Crippen molar-refractivity contribution in [2.45, 2.75) is 40.2 Å². The van der Waals surface area contributed by atoms with E-state index in [9.17, 15) is 4.79 Å². The van der Waals surface area contributed by atoms with Crippen molar-refractivity contribution in [2.75, 3.05) is 13.2 Å². The maximum atomic E-state index is 12.3. The third-order valence-corrected chi connectivity index (χ3v) is 3.93. The summed E-state index contributed by atoms with van der Waals surface area (Å²) < 4.78 is 11.2. The number of hydrogen-bond donors (Lipinski definition) is 1. The van der Waals surface area contributed by atoms with Gasteiger partial charge in [0.25, 0.3) is 0 Å². The van der Waals surface area contributed by atoms with Gasteiger partial charge in [-0.05, 0) is 51.0 Å². The van der Waals surface area contributed by atoms with Crippen LogP contribution in [0.15, 0.2) is 42.5 Å². The lowest BCUT2D eigenvalue weighted by atomic mass is 10.1. The van der Waals surface area contributed by atoms with Crippen LogP contribution in [-0.4, -0.2) is 19.1 Å². The van der Waals surface area contributed by atoms with E-state index in [-0.39, 0.29) is 11.9 Å². The molecule has 0 unspecified atom stereocenters. The van der Waals surface area contributed by atoms with Crippen LogP contribution in [0.4, 0.5) is 0 Å². The Morgan fingerprint density at radius 3 is 2.28 bits per heavy atom. The highest BCUT2D eigenvalue weighted by atomic mass is 16.5. The van der Waals surface area contributed by atoms with E-state index in [2.05, 4.69) is 5.32 Å². The zero-order valence-corrected chi connectivity index (χ0v) is 15.5. The third-order valence-electron chi connectivity index (χ3n) is 3.93. The van der Waals surface area contributed by atoms with Gasteiger partial charge in [0, 0.05) is 0 Å². The van der Waals surface area contributed by atoms with Crippen molar-refractivity contribution in [2.24, 2.45) is 0 Å². The number of aryl methyl sites for hydroxylation is 1. The van der Waals surface area contributed by atoms with Crippen molar-refractivity contribution in [3.8, 4) is 11.5 Å². The summed E-state index contributed by atoms with van der Waals surface area (Å²) in [5.74, 6) is 1.44. The number of benzene rings is 2. The Bertz CT molecular complexity index is 695. The molecule has 0 heterocycles. The Kier molecular flexibility index (Phi) is 6.87. The average molecular weight is 341 g/mol. The van der Waals surface area contributed by atoms with Gasteiger partial charge in [0.15, 0.2) is 11.5 Å². The average Bonchev–Trinajstić information content (AvgIpc) is 2.59. The second-order valence-corrected chi connectivity index (χ2v) is 6.02. The highest BCUT2D eigenvalue weighted by Gasteiger charge is 2.13. The molecule has 134 valence electrons. The number of hydrogen-bond acceptors (Lipinski definition) is 3. The fourth-order valence-electron chi connectivity index (χ4n) is 2.60. The number of rotatable bonds is 8. The van der Waals surface area contributed by atoms with E-state index in [1.807, 2.05) is 70.2 Å². The minimum absolute atomic E-state index is 0.00296. The molecule has 2 aromatic carbocycles. The Hall–Kier alpha value is -2.49. The van der Waals surface area contributed by atoms with Crippen molar-refractivity contribution in [1.29, 1.82) is 0 Å². The molecule has 4 heteroatoms. The van der Waals surface area contributed by atoms with Crippen molar-refractivity contribution in [3.05, 3.63) is 59.2 Å². The van der Waals surface area contributed by atoms with E-state index in [0.29, 0.717) is 25.4 Å². The Balaban J connectivity index is 2.03. The van der Waals surface area contributed by atoms with Crippen molar-refractivity contribution >= 4 is 5.91 Å². The molecule has 0 bridgehead atoms. The normalized spacial score (nSPS) is 11.7. The lowest BCUT2D eigenvalue weighted by Crippen LogP contribution is -2.28. The largest absolute Gasteiger partial charge is 0.490 e. The van der Waals surface area contributed by atoms with Gasteiger partial charge in [-0.3, -0.25) is 4.79 Å².